The fourth-order valence-corrected chi connectivity index (χ4v) is 2.60. The van der Waals surface area contributed by atoms with Gasteiger partial charge in [-0.15, -0.1) is 0 Å². The van der Waals surface area contributed by atoms with Gasteiger partial charge in [0.25, 0.3) is 0 Å². The van der Waals surface area contributed by atoms with Crippen LogP contribution in [-0.2, 0) is 14.3 Å². The number of nitrogens with zero attached hydrogens (tertiary/aromatic N) is 1. The molecular weight excluding hydrogens is 244 g/mol. The molecule has 1 amide bonds. The molecule has 0 aromatic heterocycles. The topological polar surface area (TPSA) is 72.6 Å². The van der Waals surface area contributed by atoms with E-state index in [2.05, 4.69) is 4.74 Å². The van der Waals surface area contributed by atoms with Crippen molar-refractivity contribution < 1.29 is 14.3 Å². The predicted molar refractivity (Wildman–Crippen MR) is 73.4 cm³/mol. The Balaban J connectivity index is 2.39. The number of nitrogens with two attached hydrogens (primary N) is 1. The van der Waals surface area contributed by atoms with Crippen LogP contribution in [0.25, 0.3) is 0 Å². The van der Waals surface area contributed by atoms with E-state index >= 15 is 0 Å². The summed E-state index contributed by atoms with van der Waals surface area (Å²) in [6.07, 6.45) is 6.19. The summed E-state index contributed by atoms with van der Waals surface area (Å²) in [5.74, 6) is -0.156. The maximum Gasteiger partial charge on any atom is 0.305 e. The minimum absolute atomic E-state index is 0.0157. The first-order chi connectivity index (χ1) is 9.06. The summed E-state index contributed by atoms with van der Waals surface area (Å²) in [7, 11) is 3.17. The van der Waals surface area contributed by atoms with Crippen LogP contribution in [0.3, 0.4) is 0 Å². The van der Waals surface area contributed by atoms with Crippen molar-refractivity contribution in [2.24, 2.45) is 11.7 Å². The summed E-state index contributed by atoms with van der Waals surface area (Å²) < 4.78 is 4.58. The van der Waals surface area contributed by atoms with Crippen LogP contribution >= 0.6 is 0 Å². The van der Waals surface area contributed by atoms with Crippen molar-refractivity contribution >= 4 is 11.9 Å². The quantitative estimate of drug-likeness (QED) is 0.604. The Morgan fingerprint density at radius 1 is 1.26 bits per heavy atom. The normalized spacial score (nSPS) is 23.5. The minimum Gasteiger partial charge on any atom is -0.469 e. The first kappa shape index (κ1) is 16.0. The number of hydrogen-bond acceptors (Lipinski definition) is 4. The molecule has 110 valence electrons. The van der Waals surface area contributed by atoms with E-state index in [1.165, 1.54) is 13.5 Å². The van der Waals surface area contributed by atoms with E-state index in [-0.39, 0.29) is 23.8 Å². The first-order valence-corrected chi connectivity index (χ1v) is 7.13. The van der Waals surface area contributed by atoms with Gasteiger partial charge in [-0.3, -0.25) is 9.59 Å². The van der Waals surface area contributed by atoms with Crippen molar-refractivity contribution in [1.82, 2.24) is 4.90 Å². The van der Waals surface area contributed by atoms with Gasteiger partial charge >= 0.3 is 5.97 Å². The number of carbonyl (C=O) groups is 2. The highest BCUT2D eigenvalue weighted by molar-refractivity contribution is 5.79. The Kier molecular flexibility index (Phi) is 6.84. The Hall–Kier alpha value is -1.10. The zero-order valence-corrected chi connectivity index (χ0v) is 12.1. The molecule has 0 aromatic rings. The molecule has 5 nitrogen and oxygen atoms in total. The smallest absolute Gasteiger partial charge is 0.305 e. The van der Waals surface area contributed by atoms with E-state index in [1.807, 2.05) is 0 Å². The van der Waals surface area contributed by atoms with Gasteiger partial charge < -0.3 is 15.4 Å². The fraction of sp³-hybridized carbons (Fsp3) is 0.857. The second kappa shape index (κ2) is 8.15. The lowest BCUT2D eigenvalue weighted by Gasteiger charge is -2.26. The van der Waals surface area contributed by atoms with Gasteiger partial charge in [0.1, 0.15) is 0 Å². The molecule has 2 unspecified atom stereocenters. The number of amides is 1. The van der Waals surface area contributed by atoms with Crippen LogP contribution in [0.2, 0.25) is 0 Å². The predicted octanol–water partition coefficient (Wildman–Crippen LogP) is 1.31. The first-order valence-electron chi connectivity index (χ1n) is 7.13. The number of carbonyl (C=O) groups excluding carboxylic acids is 2. The highest BCUT2D eigenvalue weighted by Crippen LogP contribution is 2.23. The summed E-state index contributed by atoms with van der Waals surface area (Å²) in [5.41, 5.74) is 6.09. The molecular formula is C14H26N2O3. The van der Waals surface area contributed by atoms with E-state index in [1.54, 1.807) is 11.9 Å². The lowest BCUT2D eigenvalue weighted by Crippen LogP contribution is -2.42. The van der Waals surface area contributed by atoms with Crippen LogP contribution in [0.15, 0.2) is 0 Å². The van der Waals surface area contributed by atoms with Crippen LogP contribution in [0.5, 0.6) is 0 Å². The summed E-state index contributed by atoms with van der Waals surface area (Å²) in [6.45, 7) is 0.581. The maximum atomic E-state index is 12.3. The van der Waals surface area contributed by atoms with E-state index < -0.39 is 0 Å². The molecule has 0 heterocycles. The Morgan fingerprint density at radius 2 is 1.95 bits per heavy atom. The number of methoxy groups -OCH3 is 1. The zero-order valence-electron chi connectivity index (χ0n) is 12.1. The van der Waals surface area contributed by atoms with E-state index in [4.69, 9.17) is 5.73 Å². The molecule has 0 radical (unpaired) electrons. The number of rotatable bonds is 5. The second-order valence-corrected chi connectivity index (χ2v) is 5.35. The molecule has 1 rings (SSSR count). The monoisotopic (exact) mass is 270 g/mol. The zero-order chi connectivity index (χ0) is 14.3. The second-order valence-electron chi connectivity index (χ2n) is 5.35. The lowest BCUT2D eigenvalue weighted by atomic mass is 9.94. The van der Waals surface area contributed by atoms with Crippen LogP contribution < -0.4 is 5.73 Å². The van der Waals surface area contributed by atoms with Crippen LogP contribution in [0, 0.1) is 5.92 Å². The van der Waals surface area contributed by atoms with Crippen LogP contribution in [0.1, 0.15) is 44.9 Å². The maximum absolute atomic E-state index is 12.3. The fourth-order valence-electron chi connectivity index (χ4n) is 2.60. The van der Waals surface area contributed by atoms with Crippen LogP contribution in [-0.4, -0.2) is 43.5 Å². The van der Waals surface area contributed by atoms with Crippen molar-refractivity contribution in [3.05, 3.63) is 0 Å². The standard InChI is InChI=1S/C14H26N2O3/c1-16(10-6-9-13(17)19-2)14(18)11-7-4-3-5-8-12(11)15/h11-12H,3-10,15H2,1-2H3. The van der Waals surface area contributed by atoms with Crippen molar-refractivity contribution in [2.75, 3.05) is 20.7 Å². The molecule has 0 saturated heterocycles. The molecule has 19 heavy (non-hydrogen) atoms. The van der Waals surface area contributed by atoms with Gasteiger partial charge in [0.2, 0.25) is 5.91 Å². The van der Waals surface area contributed by atoms with Gasteiger partial charge in [-0.25, -0.2) is 0 Å². The third kappa shape index (κ3) is 5.19. The highest BCUT2D eigenvalue weighted by Gasteiger charge is 2.28. The molecule has 0 aromatic carbocycles. The Bertz CT molecular complexity index is 307. The minimum atomic E-state index is -0.230. The Morgan fingerprint density at radius 3 is 2.63 bits per heavy atom. The SMILES string of the molecule is COC(=O)CCCN(C)C(=O)C1CCCCCC1N. The largest absolute Gasteiger partial charge is 0.469 e. The van der Waals surface area contributed by atoms with E-state index in [9.17, 15) is 9.59 Å². The molecule has 1 aliphatic carbocycles. The van der Waals surface area contributed by atoms with Gasteiger partial charge in [-0.05, 0) is 19.3 Å². The van der Waals surface area contributed by atoms with Gasteiger partial charge in [-0.1, -0.05) is 19.3 Å². The summed E-state index contributed by atoms with van der Waals surface area (Å²) in [4.78, 5) is 25.1. The van der Waals surface area contributed by atoms with E-state index in [0.717, 1.165) is 25.7 Å². The van der Waals surface area contributed by atoms with Crippen molar-refractivity contribution in [3.8, 4) is 0 Å². The number of ether oxygens (including phenoxy) is 1. The third-order valence-electron chi connectivity index (χ3n) is 3.86. The number of esters is 1. The van der Waals surface area contributed by atoms with Crippen molar-refractivity contribution in [3.63, 3.8) is 0 Å². The summed E-state index contributed by atoms with van der Waals surface area (Å²) >= 11 is 0. The molecule has 1 saturated carbocycles. The van der Waals surface area contributed by atoms with E-state index in [0.29, 0.717) is 19.4 Å². The van der Waals surface area contributed by atoms with Gasteiger partial charge in [0, 0.05) is 26.1 Å². The molecule has 1 fully saturated rings. The number of hydrogen-bond donors (Lipinski definition) is 1. The molecule has 5 heteroatoms. The molecule has 2 atom stereocenters. The van der Waals surface area contributed by atoms with Gasteiger partial charge in [0.15, 0.2) is 0 Å². The third-order valence-corrected chi connectivity index (χ3v) is 3.86. The summed E-state index contributed by atoms with van der Waals surface area (Å²) in [6, 6.07) is -0.0157. The molecule has 0 aliphatic heterocycles. The average molecular weight is 270 g/mol. The van der Waals surface area contributed by atoms with Gasteiger partial charge in [-0.2, -0.15) is 0 Å². The van der Waals surface area contributed by atoms with Crippen molar-refractivity contribution in [1.29, 1.82) is 0 Å². The Labute approximate surface area is 115 Å². The molecule has 0 spiro atoms. The van der Waals surface area contributed by atoms with Crippen LogP contribution in [0.4, 0.5) is 0 Å². The van der Waals surface area contributed by atoms with Crippen molar-refractivity contribution in [2.45, 2.75) is 51.0 Å². The molecule has 0 bridgehead atoms. The molecule has 1 aliphatic rings. The molecule has 2 N–H and O–H groups in total. The average Bonchev–Trinajstić information content (AvgIpc) is 2.62. The lowest BCUT2D eigenvalue weighted by molar-refractivity contribution is -0.141. The van der Waals surface area contributed by atoms with Gasteiger partial charge in [0.05, 0.1) is 13.0 Å². The highest BCUT2D eigenvalue weighted by atomic mass is 16.5. The summed E-state index contributed by atoms with van der Waals surface area (Å²) in [5, 5.41) is 0.